The zero-order valence-corrected chi connectivity index (χ0v) is 21.6. The topological polar surface area (TPSA) is 52.7 Å². The van der Waals surface area contributed by atoms with Gasteiger partial charge in [0.2, 0.25) is 11.8 Å². The fourth-order valence-corrected chi connectivity index (χ4v) is 5.16. The van der Waals surface area contributed by atoms with Crippen LogP contribution in [0.2, 0.25) is 0 Å². The minimum Gasteiger partial charge on any atom is -0.342 e. The number of nitrogens with zero attached hydrogens (tertiary/aromatic N) is 2. The van der Waals surface area contributed by atoms with Gasteiger partial charge in [0, 0.05) is 24.7 Å². The van der Waals surface area contributed by atoms with Crippen LogP contribution < -0.4 is 5.32 Å². The number of carbonyl (C=O) groups excluding carboxylic acids is 2. The summed E-state index contributed by atoms with van der Waals surface area (Å²) in [5.74, 6) is -0.165. The van der Waals surface area contributed by atoms with Crippen molar-refractivity contribution in [2.45, 2.75) is 65.3 Å². The van der Waals surface area contributed by atoms with Gasteiger partial charge in [-0.25, -0.2) is 4.39 Å². The first kappa shape index (κ1) is 26.9. The molecule has 190 valence electrons. The third kappa shape index (κ3) is 6.49. The van der Waals surface area contributed by atoms with E-state index in [4.69, 9.17) is 0 Å². The van der Waals surface area contributed by atoms with Gasteiger partial charge in [-0.2, -0.15) is 0 Å². The normalized spacial score (nSPS) is 15.7. The Labute approximate surface area is 209 Å². The Morgan fingerprint density at radius 2 is 1.63 bits per heavy atom. The number of carbonyl (C=O) groups is 2. The van der Waals surface area contributed by atoms with Crippen LogP contribution in [0, 0.1) is 11.7 Å². The Hall–Kier alpha value is -2.73. The molecule has 0 aromatic heterocycles. The van der Waals surface area contributed by atoms with E-state index in [1.807, 2.05) is 75.1 Å². The molecule has 35 heavy (non-hydrogen) atoms. The first-order valence-corrected chi connectivity index (χ1v) is 13.1. The summed E-state index contributed by atoms with van der Waals surface area (Å²) in [6.07, 6.45) is 3.10. The number of nitrogens with one attached hydrogen (secondary N) is 1. The summed E-state index contributed by atoms with van der Waals surface area (Å²) >= 11 is 0. The van der Waals surface area contributed by atoms with Crippen LogP contribution in [0.4, 0.5) is 10.1 Å². The molecule has 1 N–H and O–H groups in total. The summed E-state index contributed by atoms with van der Waals surface area (Å²) in [6, 6.07) is 14.7. The summed E-state index contributed by atoms with van der Waals surface area (Å²) < 4.78 is 15.1. The lowest BCUT2D eigenvalue weighted by molar-refractivity contribution is -0.137. The predicted octanol–water partition coefficient (Wildman–Crippen LogP) is 5.99. The van der Waals surface area contributed by atoms with Crippen LogP contribution in [0.1, 0.15) is 76.5 Å². The minimum absolute atomic E-state index is 0.0553. The molecule has 1 fully saturated rings. The van der Waals surface area contributed by atoms with Crippen LogP contribution in [0.3, 0.4) is 0 Å². The number of hydrogen-bond donors (Lipinski definition) is 1. The van der Waals surface area contributed by atoms with Crippen LogP contribution in [-0.4, -0.2) is 47.8 Å². The van der Waals surface area contributed by atoms with Gasteiger partial charge in [0.15, 0.2) is 0 Å². The molecule has 1 unspecified atom stereocenters. The van der Waals surface area contributed by atoms with E-state index in [0.29, 0.717) is 24.3 Å². The van der Waals surface area contributed by atoms with Gasteiger partial charge in [0.05, 0.1) is 0 Å². The van der Waals surface area contributed by atoms with Crippen molar-refractivity contribution in [1.82, 2.24) is 9.80 Å². The van der Waals surface area contributed by atoms with Crippen molar-refractivity contribution in [3.63, 3.8) is 0 Å². The maximum Gasteiger partial charge on any atom is 0.244 e. The van der Waals surface area contributed by atoms with Crippen LogP contribution in [-0.2, 0) is 9.59 Å². The first-order valence-electron chi connectivity index (χ1n) is 13.1. The molecule has 5 nitrogen and oxygen atoms in total. The Balaban J connectivity index is 1.71. The Morgan fingerprint density at radius 1 is 1.00 bits per heavy atom. The van der Waals surface area contributed by atoms with Gasteiger partial charge < -0.3 is 10.2 Å². The Bertz CT molecular complexity index is 965. The average molecular weight is 482 g/mol. The van der Waals surface area contributed by atoms with Gasteiger partial charge in [0.1, 0.15) is 11.9 Å². The Kier molecular flexibility index (Phi) is 9.84. The van der Waals surface area contributed by atoms with Gasteiger partial charge in [0.25, 0.3) is 0 Å². The molecule has 0 bridgehead atoms. The fraction of sp³-hybridized carbons (Fsp3) is 0.517. The van der Waals surface area contributed by atoms with E-state index in [2.05, 4.69) is 10.2 Å². The van der Waals surface area contributed by atoms with Crippen LogP contribution in [0.25, 0.3) is 0 Å². The summed E-state index contributed by atoms with van der Waals surface area (Å²) in [5, 5.41) is 2.86. The second-order valence-corrected chi connectivity index (χ2v) is 9.37. The Morgan fingerprint density at radius 3 is 2.17 bits per heavy atom. The molecule has 2 aromatic carbocycles. The second kappa shape index (κ2) is 12.8. The quantitative estimate of drug-likeness (QED) is 0.454. The molecular formula is C29H40FN3O2. The number of hydrogen-bond acceptors (Lipinski definition) is 3. The molecule has 0 saturated carbocycles. The number of rotatable bonds is 10. The zero-order valence-electron chi connectivity index (χ0n) is 21.6. The molecule has 1 saturated heterocycles. The standard InChI is InChI=1S/C29H40FN3O2/c1-5-21(6-2)28(34)31-24-14-15-25(26(30)20-24)22-16-18-33(19-17-22)27(23-12-10-9-11-13-23)29(35)32(7-3)8-4/h9-15,20-22,27H,5-8,16-19H2,1-4H3,(H,31,34). The van der Waals surface area contributed by atoms with Gasteiger partial charge in [-0.3, -0.25) is 14.5 Å². The molecule has 6 heteroatoms. The fourth-order valence-electron chi connectivity index (χ4n) is 5.16. The maximum atomic E-state index is 15.1. The molecule has 1 heterocycles. The van der Waals surface area contributed by atoms with Crippen LogP contribution in [0.5, 0.6) is 0 Å². The maximum absolute atomic E-state index is 15.1. The molecule has 1 aliphatic heterocycles. The highest BCUT2D eigenvalue weighted by atomic mass is 19.1. The van der Waals surface area contributed by atoms with Crippen molar-refractivity contribution < 1.29 is 14.0 Å². The van der Waals surface area contributed by atoms with E-state index < -0.39 is 0 Å². The van der Waals surface area contributed by atoms with Gasteiger partial charge >= 0.3 is 0 Å². The van der Waals surface area contributed by atoms with E-state index in [9.17, 15) is 9.59 Å². The highest BCUT2D eigenvalue weighted by molar-refractivity contribution is 5.92. The number of likely N-dealkylation sites (tertiary alicyclic amines) is 1. The molecule has 2 amide bonds. The largest absolute Gasteiger partial charge is 0.342 e. The van der Waals surface area contributed by atoms with Gasteiger partial charge in [-0.1, -0.05) is 50.2 Å². The van der Waals surface area contributed by atoms with Gasteiger partial charge in [-0.15, -0.1) is 0 Å². The summed E-state index contributed by atoms with van der Waals surface area (Å²) in [6.45, 7) is 10.8. The third-order valence-electron chi connectivity index (χ3n) is 7.38. The van der Waals surface area contributed by atoms with Crippen LogP contribution >= 0.6 is 0 Å². The minimum atomic E-state index is -0.315. The third-order valence-corrected chi connectivity index (χ3v) is 7.38. The molecule has 2 aromatic rings. The summed E-state index contributed by atoms with van der Waals surface area (Å²) in [7, 11) is 0. The molecule has 0 spiro atoms. The van der Waals surface area contributed by atoms with E-state index in [1.54, 1.807) is 0 Å². The number of piperidine rings is 1. The van der Waals surface area contributed by atoms with Crippen molar-refractivity contribution in [3.8, 4) is 0 Å². The molecular weight excluding hydrogens is 441 g/mol. The molecule has 0 radical (unpaired) electrons. The first-order chi connectivity index (χ1) is 16.9. The predicted molar refractivity (Wildman–Crippen MR) is 140 cm³/mol. The van der Waals surface area contributed by atoms with Gasteiger partial charge in [-0.05, 0) is 81.8 Å². The monoisotopic (exact) mass is 481 g/mol. The number of amides is 2. The van der Waals surface area contributed by atoms with E-state index >= 15 is 4.39 Å². The van der Waals surface area contributed by atoms with Crippen molar-refractivity contribution in [3.05, 3.63) is 65.5 Å². The van der Waals surface area contributed by atoms with Crippen molar-refractivity contribution >= 4 is 17.5 Å². The van der Waals surface area contributed by atoms with E-state index in [1.165, 1.54) is 6.07 Å². The van der Waals surface area contributed by atoms with Crippen LogP contribution in [0.15, 0.2) is 48.5 Å². The van der Waals surface area contributed by atoms with E-state index in [-0.39, 0.29) is 35.5 Å². The lowest BCUT2D eigenvalue weighted by atomic mass is 9.87. The SMILES string of the molecule is CCC(CC)C(=O)Nc1ccc(C2CCN(C(C(=O)N(CC)CC)c3ccccc3)CC2)c(F)c1. The highest BCUT2D eigenvalue weighted by Crippen LogP contribution is 2.35. The second-order valence-electron chi connectivity index (χ2n) is 9.37. The molecule has 1 aliphatic rings. The van der Waals surface area contributed by atoms with E-state index in [0.717, 1.165) is 44.3 Å². The van der Waals surface area contributed by atoms with Crippen molar-refractivity contribution in [2.24, 2.45) is 5.92 Å². The molecule has 3 rings (SSSR count). The lowest BCUT2D eigenvalue weighted by Crippen LogP contribution is -2.45. The summed E-state index contributed by atoms with van der Waals surface area (Å²) in [4.78, 5) is 29.9. The molecule has 1 atom stereocenters. The average Bonchev–Trinajstić information content (AvgIpc) is 2.87. The number of benzene rings is 2. The molecule has 0 aliphatic carbocycles. The lowest BCUT2D eigenvalue weighted by Gasteiger charge is -2.39. The smallest absolute Gasteiger partial charge is 0.244 e. The summed E-state index contributed by atoms with van der Waals surface area (Å²) in [5.41, 5.74) is 2.21. The zero-order chi connectivity index (χ0) is 25.4. The highest BCUT2D eigenvalue weighted by Gasteiger charge is 2.34. The number of halogens is 1. The van der Waals surface area contributed by atoms with Crippen molar-refractivity contribution in [2.75, 3.05) is 31.5 Å². The van der Waals surface area contributed by atoms with Crippen molar-refractivity contribution in [1.29, 1.82) is 0 Å². The number of anilines is 1. The number of likely N-dealkylation sites (N-methyl/N-ethyl adjacent to an activating group) is 1.